The van der Waals surface area contributed by atoms with Gasteiger partial charge < -0.3 is 10.5 Å². The second-order valence-corrected chi connectivity index (χ2v) is 4.43. The third-order valence-corrected chi connectivity index (χ3v) is 2.85. The van der Waals surface area contributed by atoms with E-state index < -0.39 is 0 Å². The predicted octanol–water partition coefficient (Wildman–Crippen LogP) is 2.92. The molecule has 0 aliphatic rings. The van der Waals surface area contributed by atoms with Crippen molar-refractivity contribution in [2.75, 3.05) is 13.2 Å². The summed E-state index contributed by atoms with van der Waals surface area (Å²) in [4.78, 5) is 11.7. The van der Waals surface area contributed by atoms with Crippen molar-refractivity contribution in [3.63, 3.8) is 0 Å². The predicted molar refractivity (Wildman–Crippen MR) is 73.6 cm³/mol. The number of hydrogen-bond acceptors (Lipinski definition) is 3. The highest BCUT2D eigenvalue weighted by Crippen LogP contribution is 2.07. The van der Waals surface area contributed by atoms with E-state index in [2.05, 4.69) is 6.92 Å². The summed E-state index contributed by atoms with van der Waals surface area (Å²) >= 11 is 0. The number of hydrogen-bond donors (Lipinski definition) is 1. The van der Waals surface area contributed by atoms with Crippen LogP contribution in [0.4, 0.5) is 0 Å². The minimum absolute atomic E-state index is 0.231. The van der Waals surface area contributed by atoms with Crippen LogP contribution in [0.15, 0.2) is 24.3 Å². The van der Waals surface area contributed by atoms with Gasteiger partial charge >= 0.3 is 5.97 Å². The number of benzene rings is 1. The van der Waals surface area contributed by atoms with Crippen LogP contribution in [-0.4, -0.2) is 19.1 Å². The van der Waals surface area contributed by atoms with Crippen molar-refractivity contribution in [1.82, 2.24) is 0 Å². The number of esters is 1. The summed E-state index contributed by atoms with van der Waals surface area (Å²) in [5.74, 6) is -0.231. The first-order valence-electron chi connectivity index (χ1n) is 6.74. The maximum atomic E-state index is 11.7. The van der Waals surface area contributed by atoms with Gasteiger partial charge in [0.05, 0.1) is 12.2 Å². The van der Waals surface area contributed by atoms with Gasteiger partial charge in [-0.1, -0.05) is 38.3 Å². The smallest absolute Gasteiger partial charge is 0.338 e. The summed E-state index contributed by atoms with van der Waals surface area (Å²) in [6, 6.07) is 7.47. The average Bonchev–Trinajstić information content (AvgIpc) is 2.39. The molecular weight excluding hydrogens is 226 g/mol. The number of nitrogens with two attached hydrogens (primary N) is 1. The second-order valence-electron chi connectivity index (χ2n) is 4.43. The van der Waals surface area contributed by atoms with E-state index in [4.69, 9.17) is 10.5 Å². The van der Waals surface area contributed by atoms with Gasteiger partial charge in [-0.3, -0.25) is 0 Å². The fourth-order valence-electron chi connectivity index (χ4n) is 1.75. The third-order valence-electron chi connectivity index (χ3n) is 2.85. The van der Waals surface area contributed by atoms with Gasteiger partial charge in [-0.05, 0) is 37.1 Å². The minimum atomic E-state index is -0.231. The first-order valence-corrected chi connectivity index (χ1v) is 6.74. The molecule has 0 aliphatic carbocycles. The molecule has 0 aromatic heterocycles. The molecule has 1 aromatic carbocycles. The molecule has 0 fully saturated rings. The SMILES string of the molecule is CCCCCCOC(=O)c1ccc(CCN)cc1. The zero-order valence-electron chi connectivity index (χ0n) is 11.2. The van der Waals surface area contributed by atoms with Gasteiger partial charge in [0.15, 0.2) is 0 Å². The Balaban J connectivity index is 2.32. The Kier molecular flexibility index (Phi) is 7.11. The molecule has 2 N–H and O–H groups in total. The fourth-order valence-corrected chi connectivity index (χ4v) is 1.75. The summed E-state index contributed by atoms with van der Waals surface area (Å²) in [7, 11) is 0. The van der Waals surface area contributed by atoms with Crippen LogP contribution >= 0.6 is 0 Å². The van der Waals surface area contributed by atoms with E-state index in [9.17, 15) is 4.79 Å². The van der Waals surface area contributed by atoms with E-state index in [0.29, 0.717) is 18.7 Å². The highest BCUT2D eigenvalue weighted by atomic mass is 16.5. The van der Waals surface area contributed by atoms with Gasteiger partial charge in [0.1, 0.15) is 0 Å². The summed E-state index contributed by atoms with van der Waals surface area (Å²) in [6.07, 6.45) is 5.30. The van der Waals surface area contributed by atoms with Crippen LogP contribution in [0.3, 0.4) is 0 Å². The lowest BCUT2D eigenvalue weighted by molar-refractivity contribution is 0.0498. The van der Waals surface area contributed by atoms with E-state index in [1.165, 1.54) is 12.8 Å². The molecular formula is C15H23NO2. The fraction of sp³-hybridized carbons (Fsp3) is 0.533. The molecule has 0 radical (unpaired) electrons. The van der Waals surface area contributed by atoms with Crippen LogP contribution < -0.4 is 5.73 Å². The van der Waals surface area contributed by atoms with Crippen molar-refractivity contribution in [2.24, 2.45) is 5.73 Å². The van der Waals surface area contributed by atoms with E-state index in [1.54, 1.807) is 12.1 Å². The number of rotatable bonds is 8. The lowest BCUT2D eigenvalue weighted by Crippen LogP contribution is -2.07. The first kappa shape index (κ1) is 14.7. The van der Waals surface area contributed by atoms with Crippen LogP contribution in [0.2, 0.25) is 0 Å². The zero-order chi connectivity index (χ0) is 13.2. The Morgan fingerprint density at radius 3 is 2.50 bits per heavy atom. The summed E-state index contributed by atoms with van der Waals surface area (Å²) in [5.41, 5.74) is 7.24. The Labute approximate surface area is 109 Å². The highest BCUT2D eigenvalue weighted by molar-refractivity contribution is 5.89. The highest BCUT2D eigenvalue weighted by Gasteiger charge is 2.06. The van der Waals surface area contributed by atoms with Crippen molar-refractivity contribution in [3.05, 3.63) is 35.4 Å². The van der Waals surface area contributed by atoms with Crippen LogP contribution in [0.25, 0.3) is 0 Å². The van der Waals surface area contributed by atoms with E-state index in [0.717, 1.165) is 24.8 Å². The van der Waals surface area contributed by atoms with Gasteiger partial charge in [-0.25, -0.2) is 4.79 Å². The molecule has 0 aliphatic heterocycles. The molecule has 1 aromatic rings. The molecule has 0 saturated heterocycles. The molecule has 0 spiro atoms. The summed E-state index contributed by atoms with van der Waals surface area (Å²) in [5, 5.41) is 0. The first-order chi connectivity index (χ1) is 8.77. The number of carbonyl (C=O) groups is 1. The summed E-state index contributed by atoms with van der Waals surface area (Å²) in [6.45, 7) is 3.31. The largest absolute Gasteiger partial charge is 0.462 e. The normalized spacial score (nSPS) is 10.3. The topological polar surface area (TPSA) is 52.3 Å². The van der Waals surface area contributed by atoms with Crippen LogP contribution in [0, 0.1) is 0 Å². The molecule has 0 heterocycles. The Morgan fingerprint density at radius 2 is 1.89 bits per heavy atom. The van der Waals surface area contributed by atoms with E-state index in [1.807, 2.05) is 12.1 Å². The molecule has 0 atom stereocenters. The van der Waals surface area contributed by atoms with Crippen molar-refractivity contribution in [3.8, 4) is 0 Å². The standard InChI is InChI=1S/C15H23NO2/c1-2-3-4-5-12-18-15(17)14-8-6-13(7-9-14)10-11-16/h6-9H,2-5,10-12,16H2,1H3. The third kappa shape index (κ3) is 5.32. The molecule has 0 bridgehead atoms. The Hall–Kier alpha value is -1.35. The zero-order valence-corrected chi connectivity index (χ0v) is 11.2. The monoisotopic (exact) mass is 249 g/mol. The van der Waals surface area contributed by atoms with E-state index >= 15 is 0 Å². The average molecular weight is 249 g/mol. The Bertz CT molecular complexity index is 346. The van der Waals surface area contributed by atoms with Crippen molar-refractivity contribution < 1.29 is 9.53 Å². The quantitative estimate of drug-likeness (QED) is 0.569. The molecule has 1 rings (SSSR count). The lowest BCUT2D eigenvalue weighted by atomic mass is 10.1. The van der Waals surface area contributed by atoms with E-state index in [-0.39, 0.29) is 5.97 Å². The Morgan fingerprint density at radius 1 is 1.17 bits per heavy atom. The lowest BCUT2D eigenvalue weighted by Gasteiger charge is -2.05. The molecule has 0 amide bonds. The van der Waals surface area contributed by atoms with Crippen molar-refractivity contribution in [1.29, 1.82) is 0 Å². The maximum Gasteiger partial charge on any atom is 0.338 e. The summed E-state index contributed by atoms with van der Waals surface area (Å²) < 4.78 is 5.21. The minimum Gasteiger partial charge on any atom is -0.462 e. The van der Waals surface area contributed by atoms with Gasteiger partial charge in [0, 0.05) is 0 Å². The molecule has 0 unspecified atom stereocenters. The molecule has 100 valence electrons. The van der Waals surface area contributed by atoms with Gasteiger partial charge in [0.2, 0.25) is 0 Å². The molecule has 0 saturated carbocycles. The van der Waals surface area contributed by atoms with Gasteiger partial charge in [-0.15, -0.1) is 0 Å². The maximum absolute atomic E-state index is 11.7. The van der Waals surface area contributed by atoms with Crippen LogP contribution in [-0.2, 0) is 11.2 Å². The van der Waals surface area contributed by atoms with Gasteiger partial charge in [0.25, 0.3) is 0 Å². The van der Waals surface area contributed by atoms with Gasteiger partial charge in [-0.2, -0.15) is 0 Å². The molecule has 3 nitrogen and oxygen atoms in total. The van der Waals surface area contributed by atoms with Crippen molar-refractivity contribution in [2.45, 2.75) is 39.0 Å². The molecule has 18 heavy (non-hydrogen) atoms. The number of ether oxygens (including phenoxy) is 1. The van der Waals surface area contributed by atoms with Crippen molar-refractivity contribution >= 4 is 5.97 Å². The van der Waals surface area contributed by atoms with Crippen LogP contribution in [0.1, 0.15) is 48.5 Å². The number of unbranched alkanes of at least 4 members (excludes halogenated alkanes) is 3. The number of carbonyl (C=O) groups excluding carboxylic acids is 1. The second kappa shape index (κ2) is 8.70. The molecule has 3 heteroatoms. The van der Waals surface area contributed by atoms with Crippen LogP contribution in [0.5, 0.6) is 0 Å².